The number of benzene rings is 2. The van der Waals surface area contributed by atoms with E-state index in [4.69, 9.17) is 15.0 Å². The van der Waals surface area contributed by atoms with Gasteiger partial charge >= 0.3 is 5.97 Å². The summed E-state index contributed by atoms with van der Waals surface area (Å²) < 4.78 is 27.1. The Labute approximate surface area is 137 Å². The van der Waals surface area contributed by atoms with E-state index in [1.54, 1.807) is 0 Å². The van der Waals surface area contributed by atoms with Crippen LogP contribution in [0.1, 0.15) is 10.4 Å². The molecule has 0 atom stereocenters. The Morgan fingerprint density at radius 3 is 2.17 bits per heavy atom. The van der Waals surface area contributed by atoms with Crippen molar-refractivity contribution in [3.8, 4) is 5.75 Å². The largest absolute Gasteiger partial charge is 0.508 e. The number of rotatable bonds is 5. The summed E-state index contributed by atoms with van der Waals surface area (Å²) in [6, 6.07) is 10.6. The molecule has 0 unspecified atom stereocenters. The fourth-order valence-corrected chi connectivity index (χ4v) is 2.25. The molecular formula is C15H14N2O6S. The third-order valence-electron chi connectivity index (χ3n) is 2.90. The Hall–Kier alpha value is -2.91. The van der Waals surface area contributed by atoms with E-state index in [1.807, 2.05) is 0 Å². The lowest BCUT2D eigenvalue weighted by Crippen LogP contribution is -2.21. The summed E-state index contributed by atoms with van der Waals surface area (Å²) in [7, 11) is -3.80. The summed E-state index contributed by atoms with van der Waals surface area (Å²) in [5.74, 6) is -1.30. The quantitative estimate of drug-likeness (QED) is 0.684. The van der Waals surface area contributed by atoms with Gasteiger partial charge in [-0.2, -0.15) is 0 Å². The maximum atomic E-state index is 11.7. The summed E-state index contributed by atoms with van der Waals surface area (Å²) >= 11 is 0. The average molecular weight is 350 g/mol. The van der Waals surface area contributed by atoms with Crippen molar-refractivity contribution in [2.75, 3.05) is 11.9 Å². The first-order valence-electron chi connectivity index (χ1n) is 6.64. The van der Waals surface area contributed by atoms with Gasteiger partial charge < -0.3 is 15.2 Å². The Morgan fingerprint density at radius 1 is 1.04 bits per heavy atom. The molecule has 0 aliphatic heterocycles. The maximum Gasteiger partial charge on any atom is 0.338 e. The predicted molar refractivity (Wildman–Crippen MR) is 84.8 cm³/mol. The molecule has 4 N–H and O–H groups in total. The van der Waals surface area contributed by atoms with Crippen molar-refractivity contribution in [1.29, 1.82) is 0 Å². The summed E-state index contributed by atoms with van der Waals surface area (Å²) in [5, 5.41) is 16.5. The van der Waals surface area contributed by atoms with Gasteiger partial charge in [0, 0.05) is 5.69 Å². The first-order valence-corrected chi connectivity index (χ1v) is 8.19. The Kier molecular flexibility index (Phi) is 5.17. The number of phenolic OH excluding ortho intramolecular Hbond substituents is 1. The molecule has 0 heterocycles. The van der Waals surface area contributed by atoms with E-state index in [9.17, 15) is 18.0 Å². The zero-order valence-electron chi connectivity index (χ0n) is 12.3. The van der Waals surface area contributed by atoms with Crippen molar-refractivity contribution in [3.05, 3.63) is 54.1 Å². The van der Waals surface area contributed by atoms with Crippen LogP contribution in [0.3, 0.4) is 0 Å². The van der Waals surface area contributed by atoms with E-state index in [2.05, 4.69) is 5.32 Å². The number of primary sulfonamides is 1. The number of aromatic hydroxyl groups is 1. The molecule has 0 radical (unpaired) electrons. The van der Waals surface area contributed by atoms with E-state index in [0.29, 0.717) is 5.69 Å². The highest BCUT2D eigenvalue weighted by atomic mass is 32.2. The number of sulfonamides is 1. The van der Waals surface area contributed by atoms with E-state index in [-0.39, 0.29) is 16.2 Å². The Balaban J connectivity index is 1.89. The second kappa shape index (κ2) is 7.11. The van der Waals surface area contributed by atoms with Crippen molar-refractivity contribution in [2.45, 2.75) is 4.90 Å². The van der Waals surface area contributed by atoms with Crippen LogP contribution in [0.2, 0.25) is 0 Å². The highest BCUT2D eigenvalue weighted by Gasteiger charge is 2.11. The molecule has 0 fully saturated rings. The van der Waals surface area contributed by atoms with Crippen LogP contribution in [0.5, 0.6) is 5.75 Å². The third kappa shape index (κ3) is 4.80. The minimum absolute atomic E-state index is 0.00670. The van der Waals surface area contributed by atoms with Crippen LogP contribution in [0, 0.1) is 0 Å². The minimum atomic E-state index is -3.80. The molecule has 24 heavy (non-hydrogen) atoms. The summed E-state index contributed by atoms with van der Waals surface area (Å²) in [4.78, 5) is 23.3. The first kappa shape index (κ1) is 17.4. The van der Waals surface area contributed by atoms with E-state index in [1.165, 1.54) is 48.5 Å². The molecule has 2 aromatic carbocycles. The molecule has 0 saturated carbocycles. The zero-order chi connectivity index (χ0) is 17.7. The lowest BCUT2D eigenvalue weighted by Gasteiger charge is -2.07. The lowest BCUT2D eigenvalue weighted by molar-refractivity contribution is -0.119. The summed E-state index contributed by atoms with van der Waals surface area (Å²) in [6.07, 6.45) is 0. The van der Waals surface area contributed by atoms with Gasteiger partial charge in [0.05, 0.1) is 10.5 Å². The number of phenols is 1. The highest BCUT2D eigenvalue weighted by Crippen LogP contribution is 2.13. The van der Waals surface area contributed by atoms with Crippen LogP contribution in [-0.2, 0) is 19.6 Å². The number of carbonyl (C=O) groups is 2. The highest BCUT2D eigenvalue weighted by molar-refractivity contribution is 7.89. The summed E-state index contributed by atoms with van der Waals surface area (Å²) in [5.41, 5.74) is 0.520. The van der Waals surface area contributed by atoms with Gasteiger partial charge in [-0.3, -0.25) is 4.79 Å². The van der Waals surface area contributed by atoms with Gasteiger partial charge in [-0.25, -0.2) is 18.4 Å². The normalized spacial score (nSPS) is 10.9. The van der Waals surface area contributed by atoms with Crippen LogP contribution in [0.15, 0.2) is 53.4 Å². The number of hydrogen-bond donors (Lipinski definition) is 3. The smallest absolute Gasteiger partial charge is 0.338 e. The maximum absolute atomic E-state index is 11.7. The Bertz CT molecular complexity index is 845. The molecule has 0 saturated heterocycles. The number of nitrogens with one attached hydrogen (secondary N) is 1. The molecule has 8 nitrogen and oxygen atoms in total. The van der Waals surface area contributed by atoms with Crippen molar-refractivity contribution in [1.82, 2.24) is 0 Å². The van der Waals surface area contributed by atoms with Crippen molar-refractivity contribution >= 4 is 27.6 Å². The van der Waals surface area contributed by atoms with Crippen molar-refractivity contribution in [3.63, 3.8) is 0 Å². The molecule has 2 rings (SSSR count). The summed E-state index contributed by atoms with van der Waals surface area (Å²) in [6.45, 7) is -0.517. The van der Waals surface area contributed by atoms with Gasteiger partial charge in [0.15, 0.2) is 6.61 Å². The first-order chi connectivity index (χ1) is 11.3. The average Bonchev–Trinajstić information content (AvgIpc) is 2.53. The number of nitrogens with two attached hydrogens (primary N) is 1. The standard InChI is InChI=1S/C15H14N2O6S/c16-24(21,22)13-7-3-11(4-8-13)17-14(19)9-23-15(20)10-1-5-12(18)6-2-10/h1-8,18H,9H2,(H,17,19)(H2,16,21,22). The van der Waals surface area contributed by atoms with Crippen LogP contribution in [-0.4, -0.2) is 32.0 Å². The number of anilines is 1. The van der Waals surface area contributed by atoms with Gasteiger partial charge in [-0.15, -0.1) is 0 Å². The monoisotopic (exact) mass is 350 g/mol. The topological polar surface area (TPSA) is 136 Å². The fraction of sp³-hybridized carbons (Fsp3) is 0.0667. The second-order valence-corrected chi connectivity index (χ2v) is 6.30. The molecule has 0 aliphatic rings. The fourth-order valence-electron chi connectivity index (χ4n) is 1.74. The van der Waals surface area contributed by atoms with Crippen LogP contribution in [0.25, 0.3) is 0 Å². The minimum Gasteiger partial charge on any atom is -0.508 e. The van der Waals surface area contributed by atoms with E-state index >= 15 is 0 Å². The van der Waals surface area contributed by atoms with E-state index in [0.717, 1.165) is 0 Å². The lowest BCUT2D eigenvalue weighted by atomic mass is 10.2. The van der Waals surface area contributed by atoms with Gasteiger partial charge in [-0.1, -0.05) is 0 Å². The Morgan fingerprint density at radius 2 is 1.62 bits per heavy atom. The predicted octanol–water partition coefficient (Wildman–Crippen LogP) is 0.835. The van der Waals surface area contributed by atoms with Crippen molar-refractivity contribution in [2.24, 2.45) is 5.14 Å². The third-order valence-corrected chi connectivity index (χ3v) is 3.83. The molecule has 126 valence electrons. The van der Waals surface area contributed by atoms with Gasteiger partial charge in [-0.05, 0) is 48.5 Å². The van der Waals surface area contributed by atoms with Gasteiger partial charge in [0.2, 0.25) is 10.0 Å². The molecule has 1 amide bonds. The molecule has 0 aromatic heterocycles. The number of esters is 1. The van der Waals surface area contributed by atoms with Gasteiger partial charge in [0.25, 0.3) is 5.91 Å². The van der Waals surface area contributed by atoms with Crippen LogP contribution in [0.4, 0.5) is 5.69 Å². The molecule has 0 aliphatic carbocycles. The number of ether oxygens (including phenoxy) is 1. The number of amides is 1. The van der Waals surface area contributed by atoms with Crippen molar-refractivity contribution < 1.29 is 27.9 Å². The number of hydrogen-bond acceptors (Lipinski definition) is 6. The molecule has 2 aromatic rings. The number of carbonyl (C=O) groups excluding carboxylic acids is 2. The zero-order valence-corrected chi connectivity index (χ0v) is 13.1. The second-order valence-electron chi connectivity index (χ2n) is 4.74. The van der Waals surface area contributed by atoms with Gasteiger partial charge in [0.1, 0.15) is 5.75 Å². The molecule has 0 bridgehead atoms. The van der Waals surface area contributed by atoms with Crippen LogP contribution >= 0.6 is 0 Å². The van der Waals surface area contributed by atoms with E-state index < -0.39 is 28.5 Å². The SMILES string of the molecule is NS(=O)(=O)c1ccc(NC(=O)COC(=O)c2ccc(O)cc2)cc1. The molecule has 9 heteroatoms. The molecular weight excluding hydrogens is 336 g/mol. The van der Waals surface area contributed by atoms with Crippen LogP contribution < -0.4 is 10.5 Å². The molecule has 0 spiro atoms.